The smallest absolute Gasteiger partial charge is 0.222 e. The van der Waals surface area contributed by atoms with Crippen LogP contribution in [-0.2, 0) is 4.74 Å². The van der Waals surface area contributed by atoms with E-state index in [0.29, 0.717) is 5.95 Å². The average Bonchev–Trinajstić information content (AvgIpc) is 2.14. The molecule has 1 saturated heterocycles. The molecule has 0 spiro atoms. The Morgan fingerprint density at radius 1 is 1.50 bits per heavy atom. The summed E-state index contributed by atoms with van der Waals surface area (Å²) in [6.07, 6.45) is 2.30. The summed E-state index contributed by atoms with van der Waals surface area (Å²) in [6, 6.07) is 0. The molecule has 0 unspecified atom stereocenters. The van der Waals surface area contributed by atoms with Crippen molar-refractivity contribution < 1.29 is 9.13 Å². The van der Waals surface area contributed by atoms with Crippen molar-refractivity contribution in [1.29, 1.82) is 0 Å². The molecule has 1 aliphatic rings. The number of aromatic nitrogens is 2. The highest BCUT2D eigenvalue weighted by Gasteiger charge is 2.33. The maximum absolute atomic E-state index is 12.5. The highest BCUT2D eigenvalue weighted by Crippen LogP contribution is 2.26. The number of hydrogen-bond acceptors (Lipinski definition) is 4. The number of rotatable bonds is 3. The Bertz CT molecular complexity index is 310. The highest BCUT2D eigenvalue weighted by atomic mass is 19.1. The SMILES string of the molecule is CC1(CNc2ncc(F)cn2)COC1. The van der Waals surface area contributed by atoms with E-state index in [9.17, 15) is 4.39 Å². The second kappa shape index (κ2) is 3.49. The Labute approximate surface area is 81.5 Å². The number of anilines is 1. The van der Waals surface area contributed by atoms with Gasteiger partial charge in [0.1, 0.15) is 0 Å². The predicted molar refractivity (Wildman–Crippen MR) is 49.4 cm³/mol. The molecule has 0 radical (unpaired) electrons. The molecule has 1 fully saturated rings. The Kier molecular flexibility index (Phi) is 2.33. The summed E-state index contributed by atoms with van der Waals surface area (Å²) < 4.78 is 17.6. The third kappa shape index (κ3) is 1.98. The van der Waals surface area contributed by atoms with Crippen LogP contribution in [0.3, 0.4) is 0 Å². The fraction of sp³-hybridized carbons (Fsp3) is 0.556. The normalized spacial score (nSPS) is 18.7. The van der Waals surface area contributed by atoms with Crippen LogP contribution in [0.4, 0.5) is 10.3 Å². The summed E-state index contributed by atoms with van der Waals surface area (Å²) in [6.45, 7) is 4.37. The van der Waals surface area contributed by atoms with Gasteiger partial charge in [0, 0.05) is 12.0 Å². The summed E-state index contributed by atoms with van der Waals surface area (Å²) in [5.41, 5.74) is 0.164. The molecule has 1 aromatic heterocycles. The molecule has 2 rings (SSSR count). The first-order valence-corrected chi connectivity index (χ1v) is 4.47. The van der Waals surface area contributed by atoms with E-state index in [1.54, 1.807) is 0 Å². The molecule has 76 valence electrons. The van der Waals surface area contributed by atoms with Crippen LogP contribution in [0.2, 0.25) is 0 Å². The molecule has 0 aliphatic carbocycles. The minimum Gasteiger partial charge on any atom is -0.380 e. The van der Waals surface area contributed by atoms with Crippen LogP contribution < -0.4 is 5.32 Å². The van der Waals surface area contributed by atoms with Crippen LogP contribution >= 0.6 is 0 Å². The van der Waals surface area contributed by atoms with Crippen molar-refractivity contribution in [3.8, 4) is 0 Å². The van der Waals surface area contributed by atoms with E-state index in [2.05, 4.69) is 22.2 Å². The number of nitrogens with zero attached hydrogens (tertiary/aromatic N) is 2. The van der Waals surface area contributed by atoms with E-state index in [1.807, 2.05) is 0 Å². The number of halogens is 1. The quantitative estimate of drug-likeness (QED) is 0.787. The first-order chi connectivity index (χ1) is 6.68. The van der Waals surface area contributed by atoms with Crippen molar-refractivity contribution in [2.45, 2.75) is 6.92 Å². The van der Waals surface area contributed by atoms with Crippen molar-refractivity contribution in [3.63, 3.8) is 0 Å². The van der Waals surface area contributed by atoms with E-state index in [1.165, 1.54) is 0 Å². The van der Waals surface area contributed by atoms with Gasteiger partial charge in [0.15, 0.2) is 5.82 Å². The van der Waals surface area contributed by atoms with Gasteiger partial charge in [-0.25, -0.2) is 14.4 Å². The van der Waals surface area contributed by atoms with Gasteiger partial charge in [-0.05, 0) is 0 Å². The van der Waals surface area contributed by atoms with Gasteiger partial charge in [0.2, 0.25) is 5.95 Å². The standard InChI is InChI=1S/C9H12FN3O/c1-9(5-14-6-9)4-13-8-11-2-7(10)3-12-8/h2-3H,4-6H2,1H3,(H,11,12,13). The highest BCUT2D eigenvalue weighted by molar-refractivity contribution is 5.23. The van der Waals surface area contributed by atoms with Gasteiger partial charge in [0.25, 0.3) is 0 Å². The van der Waals surface area contributed by atoms with Crippen molar-refractivity contribution in [2.24, 2.45) is 5.41 Å². The molecule has 0 atom stereocenters. The lowest BCUT2D eigenvalue weighted by molar-refractivity contribution is -0.0925. The van der Waals surface area contributed by atoms with Gasteiger partial charge in [-0.1, -0.05) is 6.92 Å². The second-order valence-corrected chi connectivity index (χ2v) is 3.88. The molecule has 4 nitrogen and oxygen atoms in total. The second-order valence-electron chi connectivity index (χ2n) is 3.88. The molecule has 0 amide bonds. The first kappa shape index (κ1) is 9.33. The molecule has 1 N–H and O–H groups in total. The third-order valence-electron chi connectivity index (χ3n) is 2.19. The zero-order valence-corrected chi connectivity index (χ0v) is 7.96. The Balaban J connectivity index is 1.88. The van der Waals surface area contributed by atoms with E-state index < -0.39 is 5.82 Å². The van der Waals surface area contributed by atoms with Gasteiger partial charge < -0.3 is 10.1 Å². The number of nitrogens with one attached hydrogen (secondary N) is 1. The predicted octanol–water partition coefficient (Wildman–Crippen LogP) is 1.06. The Morgan fingerprint density at radius 3 is 2.64 bits per heavy atom. The molecule has 2 heterocycles. The molecular formula is C9H12FN3O. The minimum atomic E-state index is -0.422. The molecular weight excluding hydrogens is 185 g/mol. The topological polar surface area (TPSA) is 47.0 Å². The summed E-state index contributed by atoms with van der Waals surface area (Å²) in [5.74, 6) is 0.0354. The molecule has 1 aliphatic heterocycles. The van der Waals surface area contributed by atoms with Gasteiger partial charge in [0.05, 0.1) is 25.6 Å². The van der Waals surface area contributed by atoms with Gasteiger partial charge >= 0.3 is 0 Å². The van der Waals surface area contributed by atoms with Crippen molar-refractivity contribution >= 4 is 5.95 Å². The largest absolute Gasteiger partial charge is 0.380 e. The summed E-state index contributed by atoms with van der Waals surface area (Å²) in [5, 5.41) is 3.05. The van der Waals surface area contributed by atoms with Crippen LogP contribution in [-0.4, -0.2) is 29.7 Å². The molecule has 1 aromatic rings. The minimum absolute atomic E-state index is 0.164. The van der Waals surface area contributed by atoms with E-state index >= 15 is 0 Å². The zero-order valence-electron chi connectivity index (χ0n) is 7.96. The van der Waals surface area contributed by atoms with Crippen LogP contribution in [0, 0.1) is 11.2 Å². The van der Waals surface area contributed by atoms with Crippen molar-refractivity contribution in [2.75, 3.05) is 25.1 Å². The fourth-order valence-corrected chi connectivity index (χ4v) is 1.25. The maximum atomic E-state index is 12.5. The lowest BCUT2D eigenvalue weighted by atomic mass is 9.89. The Morgan fingerprint density at radius 2 is 2.14 bits per heavy atom. The fourth-order valence-electron chi connectivity index (χ4n) is 1.25. The van der Waals surface area contributed by atoms with Crippen LogP contribution in [0.1, 0.15) is 6.92 Å². The van der Waals surface area contributed by atoms with Crippen LogP contribution in [0.25, 0.3) is 0 Å². The van der Waals surface area contributed by atoms with E-state index in [4.69, 9.17) is 4.74 Å². The molecule has 5 heteroatoms. The van der Waals surface area contributed by atoms with Crippen molar-refractivity contribution in [3.05, 3.63) is 18.2 Å². The lowest BCUT2D eigenvalue weighted by Crippen LogP contribution is -2.45. The van der Waals surface area contributed by atoms with Gasteiger partial charge in [-0.15, -0.1) is 0 Å². The van der Waals surface area contributed by atoms with Gasteiger partial charge in [-0.3, -0.25) is 0 Å². The summed E-state index contributed by atoms with van der Waals surface area (Å²) in [4.78, 5) is 7.60. The molecule has 14 heavy (non-hydrogen) atoms. The first-order valence-electron chi connectivity index (χ1n) is 4.47. The maximum Gasteiger partial charge on any atom is 0.222 e. The molecule has 0 bridgehead atoms. The van der Waals surface area contributed by atoms with Crippen LogP contribution in [0.5, 0.6) is 0 Å². The van der Waals surface area contributed by atoms with Crippen molar-refractivity contribution in [1.82, 2.24) is 9.97 Å². The lowest BCUT2D eigenvalue weighted by Gasteiger charge is -2.37. The third-order valence-corrected chi connectivity index (χ3v) is 2.19. The molecule has 0 saturated carbocycles. The summed E-state index contributed by atoms with van der Waals surface area (Å²) in [7, 11) is 0. The van der Waals surface area contributed by atoms with E-state index in [0.717, 1.165) is 32.2 Å². The van der Waals surface area contributed by atoms with E-state index in [-0.39, 0.29) is 5.41 Å². The molecule has 0 aromatic carbocycles. The van der Waals surface area contributed by atoms with Crippen LogP contribution in [0.15, 0.2) is 12.4 Å². The van der Waals surface area contributed by atoms with Gasteiger partial charge in [-0.2, -0.15) is 0 Å². The number of ether oxygens (including phenoxy) is 1. The number of hydrogen-bond donors (Lipinski definition) is 1. The Hall–Kier alpha value is -1.23. The summed E-state index contributed by atoms with van der Waals surface area (Å²) >= 11 is 0. The average molecular weight is 197 g/mol. The zero-order chi connectivity index (χ0) is 10.0. The monoisotopic (exact) mass is 197 g/mol.